The van der Waals surface area contributed by atoms with Gasteiger partial charge < -0.3 is 9.47 Å². The van der Waals surface area contributed by atoms with Gasteiger partial charge in [-0.15, -0.1) is 0 Å². The number of rotatable bonds is 15. The molecule has 0 heterocycles. The smallest absolute Gasteiger partial charge is 0.107 e. The summed E-state index contributed by atoms with van der Waals surface area (Å²) in [6.07, 6.45) is 23.6. The van der Waals surface area contributed by atoms with Gasteiger partial charge in [0.05, 0.1) is 19.3 Å². The molecule has 37 heavy (non-hydrogen) atoms. The Morgan fingerprint density at radius 1 is 1.16 bits per heavy atom. The van der Waals surface area contributed by atoms with Crippen LogP contribution in [0.25, 0.3) is 0 Å². The molecule has 3 heteroatoms. The van der Waals surface area contributed by atoms with Gasteiger partial charge in [0, 0.05) is 10.4 Å². The second kappa shape index (κ2) is 15.0. The summed E-state index contributed by atoms with van der Waals surface area (Å²) >= 11 is 3.97. The van der Waals surface area contributed by atoms with Gasteiger partial charge in [0.15, 0.2) is 0 Å². The number of hydrogen-bond donors (Lipinski definition) is 0. The molecular formula is C34H53BrO2. The molecule has 0 N–H and O–H groups in total. The van der Waals surface area contributed by atoms with Crippen LogP contribution < -0.4 is 0 Å². The van der Waals surface area contributed by atoms with E-state index in [2.05, 4.69) is 81.8 Å². The lowest BCUT2D eigenvalue weighted by Crippen LogP contribution is -2.30. The highest BCUT2D eigenvalue weighted by Crippen LogP contribution is 2.62. The molecule has 3 aliphatic rings. The Labute approximate surface area is 236 Å². The predicted octanol–water partition coefficient (Wildman–Crippen LogP) is 10.6. The maximum Gasteiger partial charge on any atom is 0.107 e. The first-order valence-electron chi connectivity index (χ1n) is 15.1. The molecule has 0 bridgehead atoms. The summed E-state index contributed by atoms with van der Waals surface area (Å²) in [5.74, 6) is 1.40. The third-order valence-electron chi connectivity index (χ3n) is 9.04. The average molecular weight is 574 g/mol. The first-order chi connectivity index (χ1) is 17.8. The molecule has 0 aromatic carbocycles. The maximum absolute atomic E-state index is 6.89. The predicted molar refractivity (Wildman–Crippen MR) is 163 cm³/mol. The highest BCUT2D eigenvalue weighted by molar-refractivity contribution is 9.11. The third-order valence-corrected chi connectivity index (χ3v) is 9.94. The van der Waals surface area contributed by atoms with E-state index in [1.165, 1.54) is 54.2 Å². The van der Waals surface area contributed by atoms with Crippen molar-refractivity contribution in [3.63, 3.8) is 0 Å². The zero-order valence-electron chi connectivity index (χ0n) is 24.6. The molecule has 0 aromatic heterocycles. The first kappa shape index (κ1) is 30.6. The van der Waals surface area contributed by atoms with Crippen LogP contribution in [0.2, 0.25) is 0 Å². The molecule has 0 saturated heterocycles. The van der Waals surface area contributed by atoms with Crippen LogP contribution in [0.3, 0.4) is 0 Å². The van der Waals surface area contributed by atoms with Crippen molar-refractivity contribution in [2.24, 2.45) is 11.8 Å². The lowest BCUT2D eigenvalue weighted by molar-refractivity contribution is -0.0247. The molecule has 0 aromatic rings. The molecule has 2 fully saturated rings. The van der Waals surface area contributed by atoms with E-state index in [0.29, 0.717) is 12.0 Å². The molecule has 2 saturated carbocycles. The number of allylic oxidation sites excluding steroid dienone is 6. The topological polar surface area (TPSA) is 18.5 Å². The highest BCUT2D eigenvalue weighted by atomic mass is 79.9. The quantitative estimate of drug-likeness (QED) is 0.143. The summed E-state index contributed by atoms with van der Waals surface area (Å²) in [6.45, 7) is 15.3. The Balaban J connectivity index is 1.44. The molecule has 0 amide bonds. The molecule has 3 unspecified atom stereocenters. The number of hydrogen-bond acceptors (Lipinski definition) is 2. The Kier molecular flexibility index (Phi) is 12.5. The van der Waals surface area contributed by atoms with Gasteiger partial charge in [-0.3, -0.25) is 0 Å². The van der Waals surface area contributed by atoms with Crippen LogP contribution in [0.5, 0.6) is 0 Å². The monoisotopic (exact) mass is 572 g/mol. The number of halogens is 1. The molecular weight excluding hydrogens is 520 g/mol. The van der Waals surface area contributed by atoms with Crippen molar-refractivity contribution in [1.82, 2.24) is 0 Å². The minimum atomic E-state index is -0.0739. The normalized spacial score (nSPS) is 26.9. The molecule has 3 aliphatic carbocycles. The Morgan fingerprint density at radius 2 is 1.92 bits per heavy atom. The zero-order chi connectivity index (χ0) is 26.8. The van der Waals surface area contributed by atoms with Crippen LogP contribution >= 0.6 is 15.9 Å². The van der Waals surface area contributed by atoms with Gasteiger partial charge in [-0.1, -0.05) is 83.6 Å². The van der Waals surface area contributed by atoms with Crippen LogP contribution in [0.1, 0.15) is 119 Å². The molecule has 3 atom stereocenters. The van der Waals surface area contributed by atoms with Crippen LogP contribution in [-0.4, -0.2) is 24.9 Å². The summed E-state index contributed by atoms with van der Waals surface area (Å²) in [5.41, 5.74) is 7.73. The average Bonchev–Trinajstić information content (AvgIpc) is 3.63. The summed E-state index contributed by atoms with van der Waals surface area (Å²) in [6, 6.07) is 0. The van der Waals surface area contributed by atoms with E-state index >= 15 is 0 Å². The number of fused-ring (bicyclic) bond motifs is 1. The van der Waals surface area contributed by atoms with E-state index in [-0.39, 0.29) is 5.60 Å². The molecule has 3 rings (SSSR count). The van der Waals surface area contributed by atoms with Gasteiger partial charge in [0.2, 0.25) is 0 Å². The Hall–Kier alpha value is -0.900. The molecule has 0 aliphatic heterocycles. The van der Waals surface area contributed by atoms with Crippen LogP contribution in [0.4, 0.5) is 0 Å². The van der Waals surface area contributed by atoms with Gasteiger partial charge in [-0.25, -0.2) is 0 Å². The summed E-state index contributed by atoms with van der Waals surface area (Å²) in [4.78, 5) is 0. The standard InChI is InChI=1S/C34H53BrO2/c1-7-9-10-21-36-22-20-27(5)29-16-18-31(19-17-29)37-34-24-32(34)28(6)30(23-33(34)35)15-14-26(4)13-11-12-25(3)8-2/h9-10,13,23,25,31-32H,7-8,11-12,14-22,24H2,1-6H3. The van der Waals surface area contributed by atoms with Gasteiger partial charge in [-0.2, -0.15) is 0 Å². The van der Waals surface area contributed by atoms with E-state index in [9.17, 15) is 0 Å². The molecule has 208 valence electrons. The highest BCUT2D eigenvalue weighted by Gasteiger charge is 2.61. The summed E-state index contributed by atoms with van der Waals surface area (Å²) in [5, 5.41) is 0. The van der Waals surface area contributed by atoms with Crippen LogP contribution in [0, 0.1) is 11.8 Å². The van der Waals surface area contributed by atoms with Crippen LogP contribution in [-0.2, 0) is 9.47 Å². The fourth-order valence-corrected chi connectivity index (χ4v) is 6.71. The van der Waals surface area contributed by atoms with Crippen molar-refractivity contribution in [2.45, 2.75) is 130 Å². The number of ether oxygens (including phenoxy) is 2. The fraction of sp³-hybridized carbons (Fsp3) is 0.706. The lowest BCUT2D eigenvalue weighted by Gasteiger charge is -2.32. The third kappa shape index (κ3) is 8.80. The second-order valence-corrected chi connectivity index (χ2v) is 12.7. The summed E-state index contributed by atoms with van der Waals surface area (Å²) in [7, 11) is 0. The van der Waals surface area contributed by atoms with Crippen molar-refractivity contribution in [3.05, 3.63) is 56.7 Å². The van der Waals surface area contributed by atoms with E-state index < -0.39 is 0 Å². The van der Waals surface area contributed by atoms with Crippen LogP contribution in [0.15, 0.2) is 56.7 Å². The van der Waals surface area contributed by atoms with E-state index in [1.807, 2.05) is 0 Å². The van der Waals surface area contributed by atoms with Crippen molar-refractivity contribution in [1.29, 1.82) is 0 Å². The SMILES string of the molecule is CCC=CCOCCC(C)=C1CCC(OC23CC2C(C)=C(CCC(C)=CCCC(C)CC)C=C3Br)CC1. The van der Waals surface area contributed by atoms with Crippen molar-refractivity contribution in [3.8, 4) is 0 Å². The fourth-order valence-electron chi connectivity index (χ4n) is 5.90. The minimum Gasteiger partial charge on any atom is -0.377 e. The van der Waals surface area contributed by atoms with E-state index in [0.717, 1.165) is 57.7 Å². The van der Waals surface area contributed by atoms with Crippen molar-refractivity contribution >= 4 is 15.9 Å². The molecule has 0 radical (unpaired) electrons. The Morgan fingerprint density at radius 3 is 2.62 bits per heavy atom. The lowest BCUT2D eigenvalue weighted by atomic mass is 9.88. The first-order valence-corrected chi connectivity index (χ1v) is 15.9. The molecule has 0 spiro atoms. The largest absolute Gasteiger partial charge is 0.377 e. The Bertz CT molecular complexity index is 895. The van der Waals surface area contributed by atoms with E-state index in [1.54, 1.807) is 16.7 Å². The van der Waals surface area contributed by atoms with E-state index in [4.69, 9.17) is 9.47 Å². The minimum absolute atomic E-state index is 0.0739. The summed E-state index contributed by atoms with van der Waals surface area (Å²) < 4.78 is 13.9. The van der Waals surface area contributed by atoms with Gasteiger partial charge in [0.25, 0.3) is 0 Å². The van der Waals surface area contributed by atoms with Crippen molar-refractivity contribution in [2.75, 3.05) is 13.2 Å². The maximum atomic E-state index is 6.89. The molecule has 2 nitrogen and oxygen atoms in total. The second-order valence-electron chi connectivity index (χ2n) is 11.9. The van der Waals surface area contributed by atoms with Crippen molar-refractivity contribution < 1.29 is 9.47 Å². The zero-order valence-corrected chi connectivity index (χ0v) is 26.2. The van der Waals surface area contributed by atoms with Gasteiger partial charge >= 0.3 is 0 Å². The van der Waals surface area contributed by atoms with Gasteiger partial charge in [-0.05, 0) is 109 Å². The van der Waals surface area contributed by atoms with Gasteiger partial charge in [0.1, 0.15) is 5.60 Å².